The van der Waals surface area contributed by atoms with Gasteiger partial charge in [0.1, 0.15) is 17.9 Å². The summed E-state index contributed by atoms with van der Waals surface area (Å²) in [5.41, 5.74) is 5.92. The molecule has 0 saturated heterocycles. The number of hydrogen-bond donors (Lipinski definition) is 1. The van der Waals surface area contributed by atoms with Gasteiger partial charge in [-0.25, -0.2) is 9.37 Å². The number of halogens is 2. The van der Waals surface area contributed by atoms with Gasteiger partial charge in [0.15, 0.2) is 0 Å². The Morgan fingerprint density at radius 3 is 2.82 bits per heavy atom. The van der Waals surface area contributed by atoms with Crippen molar-refractivity contribution < 1.29 is 9.18 Å². The molecule has 0 atom stereocenters. The number of hydrogen-bond acceptors (Lipinski definition) is 4. The number of imidazole rings is 1. The Bertz CT molecular complexity index is 1290. The molecule has 2 heterocycles. The summed E-state index contributed by atoms with van der Waals surface area (Å²) in [6.45, 7) is 4.82. The maximum Gasteiger partial charge on any atom is 0.142 e. The Kier molecular flexibility index (Phi) is 7.60. The first kappa shape index (κ1) is 23.9. The highest BCUT2D eigenvalue weighted by molar-refractivity contribution is 6.30. The van der Waals surface area contributed by atoms with Crippen molar-refractivity contribution in [1.29, 1.82) is 0 Å². The Hall–Kier alpha value is -3.22. The molecule has 0 spiro atoms. The average Bonchev–Trinajstić information content (AvgIpc) is 3.12. The van der Waals surface area contributed by atoms with Crippen LogP contribution >= 0.6 is 11.6 Å². The number of aldehydes is 1. The number of aromatic nitrogens is 2. The van der Waals surface area contributed by atoms with Crippen molar-refractivity contribution in [2.75, 3.05) is 13.1 Å². The number of allylic oxidation sites excluding steroid dienone is 4. The lowest BCUT2D eigenvalue weighted by atomic mass is 10.0. The topological polar surface area (TPSA) is 50.2 Å². The van der Waals surface area contributed by atoms with Crippen LogP contribution in [0.1, 0.15) is 23.4 Å². The van der Waals surface area contributed by atoms with Gasteiger partial charge < -0.3 is 9.88 Å². The van der Waals surface area contributed by atoms with E-state index in [9.17, 15) is 9.18 Å². The fraction of sp³-hybridized carbons (Fsp3) is 0.259. The molecule has 0 unspecified atom stereocenters. The summed E-state index contributed by atoms with van der Waals surface area (Å²) >= 11 is 5.86. The molecule has 0 fully saturated rings. The molecule has 0 radical (unpaired) electrons. The van der Waals surface area contributed by atoms with Crippen LogP contribution in [0.15, 0.2) is 72.0 Å². The first-order chi connectivity index (χ1) is 16.4. The Morgan fingerprint density at radius 1 is 1.24 bits per heavy atom. The minimum Gasteiger partial charge on any atom is -0.381 e. The number of rotatable bonds is 8. The second kappa shape index (κ2) is 10.8. The van der Waals surface area contributed by atoms with Crippen LogP contribution in [0.5, 0.6) is 0 Å². The largest absolute Gasteiger partial charge is 0.381 e. The highest BCUT2D eigenvalue weighted by Crippen LogP contribution is 2.22. The molecule has 0 bridgehead atoms. The van der Waals surface area contributed by atoms with E-state index >= 15 is 0 Å². The van der Waals surface area contributed by atoms with Gasteiger partial charge in [-0.05, 0) is 60.9 Å². The fourth-order valence-corrected chi connectivity index (χ4v) is 4.29. The third-order valence-corrected chi connectivity index (χ3v) is 6.31. The van der Waals surface area contributed by atoms with Gasteiger partial charge >= 0.3 is 0 Å². The van der Waals surface area contributed by atoms with Gasteiger partial charge in [0.05, 0.1) is 17.6 Å². The second-order valence-electron chi connectivity index (χ2n) is 8.48. The smallest absolute Gasteiger partial charge is 0.142 e. The van der Waals surface area contributed by atoms with Crippen LogP contribution in [0.3, 0.4) is 0 Å². The monoisotopic (exact) mass is 478 g/mol. The molecule has 5 nitrogen and oxygen atoms in total. The standard InChI is InChI=1S/C27H28ClFN4O/c1-19-6-9-26-25(15-19)31-27(32(26)2)18-33-12-10-20(11-13-33)24(5-3-4-14-34)30-17-21-7-8-22(28)16-23(21)29/h3-10,14-16,30H,11-13,17-18H2,1-2H3/b4-3-,24-5-. The first-order valence-corrected chi connectivity index (χ1v) is 11.7. The molecule has 1 aromatic heterocycles. The predicted molar refractivity (Wildman–Crippen MR) is 135 cm³/mol. The van der Waals surface area contributed by atoms with Gasteiger partial charge in [-0.2, -0.15) is 0 Å². The molecule has 0 saturated carbocycles. The van der Waals surface area contributed by atoms with E-state index in [-0.39, 0.29) is 5.82 Å². The maximum atomic E-state index is 14.2. The fourth-order valence-electron chi connectivity index (χ4n) is 4.13. The van der Waals surface area contributed by atoms with Gasteiger partial charge in [0, 0.05) is 43.0 Å². The van der Waals surface area contributed by atoms with Gasteiger partial charge in [-0.15, -0.1) is 0 Å². The van der Waals surface area contributed by atoms with Crippen LogP contribution in [0, 0.1) is 12.7 Å². The lowest BCUT2D eigenvalue weighted by Gasteiger charge is -2.27. The summed E-state index contributed by atoms with van der Waals surface area (Å²) in [6, 6.07) is 11.0. The molecular weight excluding hydrogens is 451 g/mol. The van der Waals surface area contributed by atoms with E-state index in [2.05, 4.69) is 53.0 Å². The van der Waals surface area contributed by atoms with Crippen LogP contribution in [-0.2, 0) is 24.9 Å². The number of nitrogens with zero attached hydrogens (tertiary/aromatic N) is 3. The lowest BCUT2D eigenvalue weighted by molar-refractivity contribution is -0.104. The van der Waals surface area contributed by atoms with Crippen LogP contribution in [0.2, 0.25) is 5.02 Å². The Labute approximate surface area is 204 Å². The molecule has 2 aromatic carbocycles. The van der Waals surface area contributed by atoms with Crippen LogP contribution < -0.4 is 5.32 Å². The van der Waals surface area contributed by atoms with Gasteiger partial charge in [0.25, 0.3) is 0 Å². The quantitative estimate of drug-likeness (QED) is 0.273. The minimum atomic E-state index is -0.343. The second-order valence-corrected chi connectivity index (χ2v) is 8.92. The van der Waals surface area contributed by atoms with Crippen molar-refractivity contribution in [1.82, 2.24) is 19.8 Å². The van der Waals surface area contributed by atoms with E-state index in [1.165, 1.54) is 17.7 Å². The summed E-state index contributed by atoms with van der Waals surface area (Å²) in [6.07, 6.45) is 8.75. The van der Waals surface area contributed by atoms with Gasteiger partial charge in [-0.3, -0.25) is 9.69 Å². The van der Waals surface area contributed by atoms with Gasteiger partial charge in [-0.1, -0.05) is 35.9 Å². The molecule has 3 aromatic rings. The zero-order chi connectivity index (χ0) is 24.1. The first-order valence-electron chi connectivity index (χ1n) is 11.3. The number of carbonyl (C=O) groups is 1. The van der Waals surface area contributed by atoms with Crippen molar-refractivity contribution in [2.45, 2.75) is 26.4 Å². The molecule has 0 amide bonds. The SMILES string of the molecule is Cc1ccc2c(c1)nc(CN1CC=C(/C(=C/C=C\C=O)NCc3ccc(Cl)cc3F)CC1)n2C. The highest BCUT2D eigenvalue weighted by Gasteiger charge is 2.18. The van der Waals surface area contributed by atoms with Crippen molar-refractivity contribution in [3.8, 4) is 0 Å². The molecular formula is C27H28ClFN4O. The molecule has 1 aliphatic rings. The van der Waals surface area contributed by atoms with Crippen molar-refractivity contribution in [3.05, 3.63) is 99.8 Å². The van der Waals surface area contributed by atoms with E-state index in [1.807, 2.05) is 6.08 Å². The van der Waals surface area contributed by atoms with Crippen molar-refractivity contribution in [2.24, 2.45) is 7.05 Å². The molecule has 0 aliphatic carbocycles. The molecule has 176 valence electrons. The number of carbonyl (C=O) groups excluding carboxylic acids is 1. The molecule has 4 rings (SSSR count). The summed E-state index contributed by atoms with van der Waals surface area (Å²) in [7, 11) is 2.06. The zero-order valence-electron chi connectivity index (χ0n) is 19.4. The third kappa shape index (κ3) is 5.64. The van der Waals surface area contributed by atoms with E-state index in [0.29, 0.717) is 17.1 Å². The molecule has 7 heteroatoms. The van der Waals surface area contributed by atoms with Crippen molar-refractivity contribution in [3.63, 3.8) is 0 Å². The molecule has 1 aliphatic heterocycles. The van der Waals surface area contributed by atoms with Crippen LogP contribution in [-0.4, -0.2) is 33.8 Å². The van der Waals surface area contributed by atoms with E-state index in [1.54, 1.807) is 18.2 Å². The Morgan fingerprint density at radius 2 is 2.09 bits per heavy atom. The van der Waals surface area contributed by atoms with Crippen LogP contribution in [0.25, 0.3) is 11.0 Å². The summed E-state index contributed by atoms with van der Waals surface area (Å²) in [5.74, 6) is 0.697. The van der Waals surface area contributed by atoms with Crippen molar-refractivity contribution >= 4 is 28.9 Å². The summed E-state index contributed by atoms with van der Waals surface area (Å²) < 4.78 is 16.4. The lowest BCUT2D eigenvalue weighted by Crippen LogP contribution is -2.31. The number of fused-ring (bicyclic) bond motifs is 1. The number of benzene rings is 2. The van der Waals surface area contributed by atoms with Crippen LogP contribution in [0.4, 0.5) is 4.39 Å². The zero-order valence-corrected chi connectivity index (χ0v) is 20.1. The third-order valence-electron chi connectivity index (χ3n) is 6.07. The number of nitrogens with one attached hydrogen (secondary N) is 1. The Balaban J connectivity index is 1.46. The molecule has 1 N–H and O–H groups in total. The summed E-state index contributed by atoms with van der Waals surface area (Å²) in [5, 5.41) is 3.70. The predicted octanol–water partition coefficient (Wildman–Crippen LogP) is 5.24. The minimum absolute atomic E-state index is 0.324. The van der Waals surface area contributed by atoms with E-state index in [4.69, 9.17) is 16.6 Å². The number of aryl methyl sites for hydroxylation is 2. The average molecular weight is 479 g/mol. The van der Waals surface area contributed by atoms with Gasteiger partial charge in [0.2, 0.25) is 0 Å². The van der Waals surface area contributed by atoms with E-state index in [0.717, 1.165) is 60.5 Å². The van der Waals surface area contributed by atoms with E-state index < -0.39 is 0 Å². The molecule has 34 heavy (non-hydrogen) atoms. The maximum absolute atomic E-state index is 14.2. The summed E-state index contributed by atoms with van der Waals surface area (Å²) in [4.78, 5) is 17.9. The highest BCUT2D eigenvalue weighted by atomic mass is 35.5. The normalized spacial score (nSPS) is 15.2.